The number of benzene rings is 1. The molecule has 1 atom stereocenters. The highest BCUT2D eigenvalue weighted by Gasteiger charge is 2.31. The Labute approximate surface area is 120 Å². The molecule has 6 heteroatoms. The van der Waals surface area contributed by atoms with Crippen LogP contribution in [0.15, 0.2) is 22.7 Å². The van der Waals surface area contributed by atoms with Crippen LogP contribution in [0.25, 0.3) is 0 Å². The van der Waals surface area contributed by atoms with E-state index in [0.29, 0.717) is 37.6 Å². The van der Waals surface area contributed by atoms with Gasteiger partial charge in [-0.3, -0.25) is 9.69 Å². The summed E-state index contributed by atoms with van der Waals surface area (Å²) in [5.41, 5.74) is 0.659. The molecule has 1 unspecified atom stereocenters. The van der Waals surface area contributed by atoms with Gasteiger partial charge in [0.1, 0.15) is 11.8 Å². The Balaban J connectivity index is 2.37. The smallest absolute Gasteiger partial charge is 0.325 e. The molecule has 0 saturated carbocycles. The topological polar surface area (TPSA) is 59.0 Å². The van der Waals surface area contributed by atoms with Crippen molar-refractivity contribution in [3.05, 3.63) is 28.2 Å². The fraction of sp³-hybridized carbons (Fsp3) is 0.462. The van der Waals surface area contributed by atoms with Crippen LogP contribution in [0.1, 0.15) is 11.6 Å². The summed E-state index contributed by atoms with van der Waals surface area (Å²) in [6.45, 7) is 2.32. The van der Waals surface area contributed by atoms with Crippen molar-refractivity contribution in [3.8, 4) is 5.75 Å². The highest BCUT2D eigenvalue weighted by atomic mass is 79.9. The van der Waals surface area contributed by atoms with Crippen LogP contribution < -0.4 is 4.74 Å². The number of carboxylic acids is 1. The van der Waals surface area contributed by atoms with Crippen LogP contribution in [0, 0.1) is 0 Å². The average Bonchev–Trinajstić information content (AvgIpc) is 2.40. The maximum atomic E-state index is 11.6. The minimum atomic E-state index is -0.877. The summed E-state index contributed by atoms with van der Waals surface area (Å²) in [7, 11) is 1.55. The first-order valence-electron chi connectivity index (χ1n) is 6.01. The molecule has 1 aliphatic heterocycles. The SMILES string of the molecule is COc1ccc(Br)cc1C(C(=O)O)N1CCOCC1. The zero-order valence-electron chi connectivity index (χ0n) is 10.6. The maximum Gasteiger partial charge on any atom is 0.325 e. The maximum absolute atomic E-state index is 11.6. The third-order valence-electron chi connectivity index (χ3n) is 3.13. The van der Waals surface area contributed by atoms with E-state index in [4.69, 9.17) is 9.47 Å². The third kappa shape index (κ3) is 3.26. The van der Waals surface area contributed by atoms with E-state index < -0.39 is 12.0 Å². The Morgan fingerprint density at radius 3 is 2.74 bits per heavy atom. The van der Waals surface area contributed by atoms with Gasteiger partial charge in [-0.1, -0.05) is 15.9 Å². The molecular formula is C13H16BrNO4. The Morgan fingerprint density at radius 2 is 2.16 bits per heavy atom. The lowest BCUT2D eigenvalue weighted by Crippen LogP contribution is -2.42. The number of nitrogens with zero attached hydrogens (tertiary/aromatic N) is 1. The van der Waals surface area contributed by atoms with Crippen molar-refractivity contribution in [1.82, 2.24) is 4.90 Å². The molecule has 0 amide bonds. The average molecular weight is 330 g/mol. The Morgan fingerprint density at radius 1 is 1.47 bits per heavy atom. The number of halogens is 1. The van der Waals surface area contributed by atoms with Gasteiger partial charge in [-0.05, 0) is 18.2 Å². The predicted molar refractivity (Wildman–Crippen MR) is 73.5 cm³/mol. The summed E-state index contributed by atoms with van der Waals surface area (Å²) in [4.78, 5) is 13.5. The van der Waals surface area contributed by atoms with Crippen molar-refractivity contribution in [2.45, 2.75) is 6.04 Å². The van der Waals surface area contributed by atoms with Crippen molar-refractivity contribution < 1.29 is 19.4 Å². The number of carboxylic acid groups (broad SMARTS) is 1. The van der Waals surface area contributed by atoms with E-state index in [2.05, 4.69) is 15.9 Å². The van der Waals surface area contributed by atoms with Crippen molar-refractivity contribution in [2.75, 3.05) is 33.4 Å². The molecule has 1 saturated heterocycles. The van der Waals surface area contributed by atoms with Crippen LogP contribution in [-0.2, 0) is 9.53 Å². The van der Waals surface area contributed by atoms with Gasteiger partial charge in [0, 0.05) is 23.1 Å². The summed E-state index contributed by atoms with van der Waals surface area (Å²) >= 11 is 3.38. The second kappa shape index (κ2) is 6.36. The molecule has 1 fully saturated rings. The zero-order valence-corrected chi connectivity index (χ0v) is 12.2. The third-order valence-corrected chi connectivity index (χ3v) is 3.62. The number of hydrogen-bond acceptors (Lipinski definition) is 4. The molecule has 0 radical (unpaired) electrons. The van der Waals surface area contributed by atoms with Gasteiger partial charge in [-0.2, -0.15) is 0 Å². The van der Waals surface area contributed by atoms with Gasteiger partial charge in [0.25, 0.3) is 0 Å². The van der Waals surface area contributed by atoms with Crippen LogP contribution in [0.3, 0.4) is 0 Å². The van der Waals surface area contributed by atoms with E-state index in [1.54, 1.807) is 19.2 Å². The van der Waals surface area contributed by atoms with Crippen LogP contribution in [0.4, 0.5) is 0 Å². The lowest BCUT2D eigenvalue weighted by atomic mass is 10.0. The van der Waals surface area contributed by atoms with Crippen LogP contribution in [0.5, 0.6) is 5.75 Å². The first-order chi connectivity index (χ1) is 9.13. The van der Waals surface area contributed by atoms with E-state index >= 15 is 0 Å². The molecule has 5 nitrogen and oxygen atoms in total. The van der Waals surface area contributed by atoms with Gasteiger partial charge in [0.15, 0.2) is 0 Å². The van der Waals surface area contributed by atoms with Crippen molar-refractivity contribution in [2.24, 2.45) is 0 Å². The summed E-state index contributed by atoms with van der Waals surface area (Å²) in [6, 6.07) is 4.69. The summed E-state index contributed by atoms with van der Waals surface area (Å²) in [6.07, 6.45) is 0. The molecule has 1 aliphatic rings. The summed E-state index contributed by atoms with van der Waals surface area (Å²) in [5, 5.41) is 9.54. The normalized spacial score (nSPS) is 18.0. The van der Waals surface area contributed by atoms with Gasteiger partial charge in [0.2, 0.25) is 0 Å². The Hall–Kier alpha value is -1.11. The largest absolute Gasteiger partial charge is 0.496 e. The number of hydrogen-bond donors (Lipinski definition) is 1. The van der Waals surface area contributed by atoms with Gasteiger partial charge < -0.3 is 14.6 Å². The van der Waals surface area contributed by atoms with E-state index in [1.807, 2.05) is 11.0 Å². The molecule has 1 N–H and O–H groups in total. The highest BCUT2D eigenvalue weighted by molar-refractivity contribution is 9.10. The monoisotopic (exact) mass is 329 g/mol. The molecule has 104 valence electrons. The van der Waals surface area contributed by atoms with Gasteiger partial charge in [-0.25, -0.2) is 0 Å². The van der Waals surface area contributed by atoms with Crippen LogP contribution in [0.2, 0.25) is 0 Å². The minimum Gasteiger partial charge on any atom is -0.496 e. The second-order valence-corrected chi connectivity index (χ2v) is 5.19. The van der Waals surface area contributed by atoms with Crippen LogP contribution >= 0.6 is 15.9 Å². The second-order valence-electron chi connectivity index (χ2n) is 4.28. The minimum absolute atomic E-state index is 0.556. The number of carbonyl (C=O) groups is 1. The molecule has 19 heavy (non-hydrogen) atoms. The summed E-state index contributed by atoms with van der Waals surface area (Å²) < 4.78 is 11.4. The molecular weight excluding hydrogens is 314 g/mol. The first kappa shape index (κ1) is 14.3. The Kier molecular flexibility index (Phi) is 4.79. The van der Waals surface area contributed by atoms with Crippen molar-refractivity contribution in [3.63, 3.8) is 0 Å². The van der Waals surface area contributed by atoms with E-state index in [0.717, 1.165) is 4.47 Å². The number of rotatable bonds is 4. The zero-order chi connectivity index (χ0) is 13.8. The lowest BCUT2D eigenvalue weighted by molar-refractivity contribution is -0.145. The van der Waals surface area contributed by atoms with Gasteiger partial charge in [0.05, 0.1) is 20.3 Å². The van der Waals surface area contributed by atoms with Gasteiger partial charge >= 0.3 is 5.97 Å². The number of ether oxygens (including phenoxy) is 2. The molecule has 0 aliphatic carbocycles. The summed E-state index contributed by atoms with van der Waals surface area (Å²) in [5.74, 6) is -0.291. The van der Waals surface area contributed by atoms with E-state index in [1.165, 1.54) is 0 Å². The number of aliphatic carboxylic acids is 1. The first-order valence-corrected chi connectivity index (χ1v) is 6.81. The highest BCUT2D eigenvalue weighted by Crippen LogP contribution is 2.32. The molecule has 0 spiro atoms. The van der Waals surface area contributed by atoms with E-state index in [9.17, 15) is 9.90 Å². The van der Waals surface area contributed by atoms with Crippen molar-refractivity contribution >= 4 is 21.9 Å². The number of methoxy groups -OCH3 is 1. The molecule has 2 rings (SSSR count). The lowest BCUT2D eigenvalue weighted by Gasteiger charge is -2.32. The Bertz CT molecular complexity index is 460. The van der Waals surface area contributed by atoms with Gasteiger partial charge in [-0.15, -0.1) is 0 Å². The molecule has 1 aromatic carbocycles. The fourth-order valence-corrected chi connectivity index (χ4v) is 2.62. The quantitative estimate of drug-likeness (QED) is 0.914. The standard InChI is InChI=1S/C13H16BrNO4/c1-18-11-3-2-9(14)8-10(11)12(13(16)17)15-4-6-19-7-5-15/h2-3,8,12H,4-7H2,1H3,(H,16,17). The number of morpholine rings is 1. The predicted octanol–water partition coefficient (Wildman–Crippen LogP) is 1.92. The van der Waals surface area contributed by atoms with Crippen LogP contribution in [-0.4, -0.2) is 49.4 Å². The molecule has 1 aromatic rings. The molecule has 0 bridgehead atoms. The molecule has 0 aromatic heterocycles. The van der Waals surface area contributed by atoms with E-state index in [-0.39, 0.29) is 0 Å². The fourth-order valence-electron chi connectivity index (χ4n) is 2.24. The molecule has 1 heterocycles. The van der Waals surface area contributed by atoms with Crippen molar-refractivity contribution in [1.29, 1.82) is 0 Å².